The predicted molar refractivity (Wildman–Crippen MR) is 164 cm³/mol. The highest BCUT2D eigenvalue weighted by atomic mass is 35.5. The molecular formula is C33H23ClN2O11. The molecule has 6 rings (SSSR count). The van der Waals surface area contributed by atoms with Crippen LogP contribution in [0.25, 0.3) is 11.1 Å². The summed E-state index contributed by atoms with van der Waals surface area (Å²) in [4.78, 5) is 64.3. The molecule has 1 aliphatic rings. The normalized spacial score (nSPS) is 19.1. The number of nitrogens with zero attached hydrogens (tertiary/aromatic N) is 2. The van der Waals surface area contributed by atoms with Crippen LogP contribution < -0.4 is 5.76 Å². The van der Waals surface area contributed by atoms with Crippen molar-refractivity contribution in [2.75, 3.05) is 6.61 Å². The minimum absolute atomic E-state index is 0.103. The minimum atomic E-state index is -1.67. The van der Waals surface area contributed by atoms with E-state index in [1.54, 1.807) is 54.6 Å². The second-order valence-corrected chi connectivity index (χ2v) is 10.7. The third-order valence-electron chi connectivity index (χ3n) is 7.30. The fourth-order valence-electron chi connectivity index (χ4n) is 5.09. The van der Waals surface area contributed by atoms with Crippen molar-refractivity contribution in [2.24, 2.45) is 0 Å². The number of fused-ring (bicyclic) bond motifs is 1. The zero-order valence-electron chi connectivity index (χ0n) is 24.1. The van der Waals surface area contributed by atoms with Gasteiger partial charge in [0.1, 0.15) is 5.52 Å². The number of ether oxygens (including phenoxy) is 4. The number of halogens is 1. The average Bonchev–Trinajstić information content (AvgIpc) is 3.43. The van der Waals surface area contributed by atoms with Crippen LogP contribution in [-0.2, 0) is 18.9 Å². The first-order valence-electron chi connectivity index (χ1n) is 14.1. The molecule has 4 aromatic carbocycles. The molecule has 0 bridgehead atoms. The van der Waals surface area contributed by atoms with E-state index >= 15 is 0 Å². The quantitative estimate of drug-likeness (QED) is 0.0911. The van der Waals surface area contributed by atoms with Crippen molar-refractivity contribution >= 4 is 46.3 Å². The fraction of sp³-hybridized carbons (Fsp3) is 0.152. The first-order valence-corrected chi connectivity index (χ1v) is 14.5. The molecule has 238 valence electrons. The maximum atomic E-state index is 13.5. The first-order chi connectivity index (χ1) is 22.7. The highest BCUT2D eigenvalue weighted by molar-refractivity contribution is 6.35. The van der Waals surface area contributed by atoms with Gasteiger partial charge >= 0.3 is 23.7 Å². The number of oxazole rings is 1. The molecule has 0 saturated carbocycles. The monoisotopic (exact) mass is 658 g/mol. The van der Waals surface area contributed by atoms with Crippen molar-refractivity contribution in [3.05, 3.63) is 146 Å². The number of aromatic nitrogens is 1. The standard InChI is InChI=1S/C33H23ClN2O11/c34-23-16-22(36(41)42)17-24-26(23)47-33(40)35(24)29-28(46-32(39)21-14-8-3-9-15-21)27(45-31(38)20-12-6-2-7-13-20)25(18-43-29)44-30(37)19-10-4-1-5-11-19/h1-17,25,27-29H,18H2/t25-,27+,28+,29+/m0/s1. The molecule has 2 heterocycles. The molecule has 0 N–H and O–H groups in total. The molecule has 5 aromatic rings. The molecule has 0 amide bonds. The summed E-state index contributed by atoms with van der Waals surface area (Å²) in [7, 11) is 0. The van der Waals surface area contributed by atoms with Crippen LogP contribution >= 0.6 is 11.6 Å². The van der Waals surface area contributed by atoms with Gasteiger partial charge in [-0.2, -0.15) is 0 Å². The molecule has 0 aliphatic carbocycles. The lowest BCUT2D eigenvalue weighted by atomic mass is 10.0. The highest BCUT2D eigenvalue weighted by Gasteiger charge is 2.50. The molecular weight excluding hydrogens is 636 g/mol. The Morgan fingerprint density at radius 3 is 1.77 bits per heavy atom. The topological polar surface area (TPSA) is 166 Å². The molecule has 1 aliphatic heterocycles. The molecule has 0 unspecified atom stereocenters. The summed E-state index contributed by atoms with van der Waals surface area (Å²) in [6.45, 7) is -0.461. The van der Waals surface area contributed by atoms with Gasteiger partial charge in [-0.15, -0.1) is 0 Å². The van der Waals surface area contributed by atoms with E-state index in [0.29, 0.717) is 0 Å². The Labute approximate surface area is 269 Å². The van der Waals surface area contributed by atoms with E-state index in [0.717, 1.165) is 16.7 Å². The Kier molecular flexibility index (Phi) is 8.82. The highest BCUT2D eigenvalue weighted by Crippen LogP contribution is 2.36. The Morgan fingerprint density at radius 1 is 0.766 bits per heavy atom. The summed E-state index contributed by atoms with van der Waals surface area (Å²) in [5.74, 6) is -3.62. The number of carbonyl (C=O) groups excluding carboxylic acids is 3. The third kappa shape index (κ3) is 6.48. The van der Waals surface area contributed by atoms with Crippen molar-refractivity contribution in [1.29, 1.82) is 0 Å². The molecule has 14 heteroatoms. The maximum absolute atomic E-state index is 13.5. The van der Waals surface area contributed by atoms with Crippen molar-refractivity contribution in [3.8, 4) is 0 Å². The molecule has 13 nitrogen and oxygen atoms in total. The second kappa shape index (κ2) is 13.3. The van der Waals surface area contributed by atoms with Crippen LogP contribution in [0.2, 0.25) is 5.02 Å². The number of esters is 3. The number of nitro groups is 1. The molecule has 47 heavy (non-hydrogen) atoms. The molecule has 4 atom stereocenters. The second-order valence-electron chi connectivity index (χ2n) is 10.3. The minimum Gasteiger partial charge on any atom is -0.452 e. The van der Waals surface area contributed by atoms with E-state index in [-0.39, 0.29) is 32.8 Å². The van der Waals surface area contributed by atoms with Crippen LogP contribution in [0.15, 0.2) is 112 Å². The fourth-order valence-corrected chi connectivity index (χ4v) is 5.33. The summed E-state index contributed by atoms with van der Waals surface area (Å²) < 4.78 is 29.7. The maximum Gasteiger partial charge on any atom is 0.422 e. The van der Waals surface area contributed by atoms with Gasteiger partial charge < -0.3 is 23.4 Å². The largest absolute Gasteiger partial charge is 0.452 e. The molecule has 1 fully saturated rings. The lowest BCUT2D eigenvalue weighted by Crippen LogP contribution is -2.56. The van der Waals surface area contributed by atoms with Crippen LogP contribution in [0.3, 0.4) is 0 Å². The number of benzene rings is 4. The van der Waals surface area contributed by atoms with Crippen LogP contribution in [0.4, 0.5) is 5.69 Å². The van der Waals surface area contributed by atoms with Gasteiger partial charge in [-0.25, -0.2) is 23.7 Å². The SMILES string of the molecule is O=C(O[C@@H]1[C@H](OC(=O)c2ccccc2)[C@@H](OC(=O)c2ccccc2)CO[C@H]1n1c(=O)oc2c(Cl)cc([N+](=O)[O-])cc21)c1ccccc1. The van der Waals surface area contributed by atoms with Crippen LogP contribution in [0, 0.1) is 10.1 Å². The number of carbonyl (C=O) groups is 3. The summed E-state index contributed by atoms with van der Waals surface area (Å²) >= 11 is 6.23. The van der Waals surface area contributed by atoms with E-state index in [4.69, 9.17) is 35.0 Å². The van der Waals surface area contributed by atoms with Crippen molar-refractivity contribution in [3.63, 3.8) is 0 Å². The zero-order valence-corrected chi connectivity index (χ0v) is 24.9. The third-order valence-corrected chi connectivity index (χ3v) is 7.58. The lowest BCUT2D eigenvalue weighted by molar-refractivity contribution is -0.384. The van der Waals surface area contributed by atoms with Gasteiger partial charge in [-0.05, 0) is 36.4 Å². The van der Waals surface area contributed by atoms with Gasteiger partial charge in [0.05, 0.1) is 33.2 Å². The van der Waals surface area contributed by atoms with Crippen LogP contribution in [0.1, 0.15) is 37.3 Å². The zero-order chi connectivity index (χ0) is 33.1. The van der Waals surface area contributed by atoms with E-state index < -0.39 is 65.4 Å². The van der Waals surface area contributed by atoms with E-state index in [1.165, 1.54) is 36.4 Å². The number of nitro benzene ring substituents is 1. The predicted octanol–water partition coefficient (Wildman–Crippen LogP) is 5.36. The average molecular weight is 659 g/mol. The van der Waals surface area contributed by atoms with Crippen LogP contribution in [0.5, 0.6) is 0 Å². The van der Waals surface area contributed by atoms with Gasteiger partial charge in [0.2, 0.25) is 0 Å². The Hall–Kier alpha value is -5.79. The summed E-state index contributed by atoms with van der Waals surface area (Å²) in [6.07, 6.45) is -6.19. The van der Waals surface area contributed by atoms with Crippen molar-refractivity contribution < 1.29 is 42.7 Å². The number of non-ortho nitro benzene ring substituents is 1. The number of rotatable bonds is 8. The lowest BCUT2D eigenvalue weighted by Gasteiger charge is -2.40. The van der Waals surface area contributed by atoms with Crippen LogP contribution in [-0.4, -0.2) is 52.3 Å². The van der Waals surface area contributed by atoms with E-state index in [1.807, 2.05) is 0 Å². The number of hydrogen-bond donors (Lipinski definition) is 0. The summed E-state index contributed by atoms with van der Waals surface area (Å²) in [5.41, 5.74) is -0.412. The van der Waals surface area contributed by atoms with E-state index in [2.05, 4.69) is 0 Å². The van der Waals surface area contributed by atoms with Gasteiger partial charge in [-0.3, -0.25) is 10.1 Å². The van der Waals surface area contributed by atoms with Gasteiger partial charge in [0.25, 0.3) is 5.69 Å². The van der Waals surface area contributed by atoms with Gasteiger partial charge in [-0.1, -0.05) is 66.2 Å². The van der Waals surface area contributed by atoms with Crippen molar-refractivity contribution in [1.82, 2.24) is 4.57 Å². The van der Waals surface area contributed by atoms with Crippen molar-refractivity contribution in [2.45, 2.75) is 24.5 Å². The van der Waals surface area contributed by atoms with E-state index in [9.17, 15) is 29.3 Å². The summed E-state index contributed by atoms with van der Waals surface area (Å²) in [6, 6.07) is 25.7. The first kappa shape index (κ1) is 31.2. The molecule has 1 aromatic heterocycles. The molecule has 0 radical (unpaired) electrons. The number of hydrogen-bond acceptors (Lipinski definition) is 11. The molecule has 0 spiro atoms. The Balaban J connectivity index is 1.47. The molecule has 1 saturated heterocycles. The van der Waals surface area contributed by atoms with Gasteiger partial charge in [0, 0.05) is 12.1 Å². The summed E-state index contributed by atoms with van der Waals surface area (Å²) in [5, 5.41) is 11.4. The smallest absolute Gasteiger partial charge is 0.422 e. The van der Waals surface area contributed by atoms with Gasteiger partial charge in [0.15, 0.2) is 30.1 Å². The Bertz CT molecular complexity index is 2010. The Morgan fingerprint density at radius 2 is 1.26 bits per heavy atom.